The van der Waals surface area contributed by atoms with Crippen LogP contribution in [0.2, 0.25) is 0 Å². The summed E-state index contributed by atoms with van der Waals surface area (Å²) in [5.74, 6) is -0.526. The first-order valence-electron chi connectivity index (χ1n) is 8.46. The molecule has 1 fully saturated rings. The number of ether oxygens (including phenoxy) is 1. The molecule has 1 aromatic carbocycles. The van der Waals surface area contributed by atoms with Crippen molar-refractivity contribution in [1.82, 2.24) is 13.9 Å². The molecule has 7 heteroatoms. The van der Waals surface area contributed by atoms with E-state index in [1.807, 2.05) is 12.1 Å². The molecule has 4 rings (SSSR count). The van der Waals surface area contributed by atoms with Crippen molar-refractivity contribution >= 4 is 5.97 Å². The predicted molar refractivity (Wildman–Crippen MR) is 95.1 cm³/mol. The maximum Gasteiger partial charge on any atom is 0.352 e. The molecule has 0 bridgehead atoms. The van der Waals surface area contributed by atoms with Crippen molar-refractivity contribution in [2.75, 3.05) is 7.11 Å². The third-order valence-electron chi connectivity index (χ3n) is 5.24. The summed E-state index contributed by atoms with van der Waals surface area (Å²) in [7, 11) is 1.37. The van der Waals surface area contributed by atoms with Gasteiger partial charge in [-0.2, -0.15) is 0 Å². The number of benzene rings is 1. The molecule has 1 saturated carbocycles. The van der Waals surface area contributed by atoms with Gasteiger partial charge in [0.05, 0.1) is 31.8 Å². The van der Waals surface area contributed by atoms with Crippen LogP contribution in [0.25, 0.3) is 5.69 Å². The number of esters is 1. The lowest BCUT2D eigenvalue weighted by Crippen LogP contribution is -2.31. The van der Waals surface area contributed by atoms with Crippen LogP contribution in [0.15, 0.2) is 64.2 Å². The summed E-state index contributed by atoms with van der Waals surface area (Å²) < 4.78 is 8.90. The van der Waals surface area contributed by atoms with Gasteiger partial charge in [-0.1, -0.05) is 30.4 Å². The molecule has 1 aliphatic heterocycles. The zero-order valence-corrected chi connectivity index (χ0v) is 14.4. The summed E-state index contributed by atoms with van der Waals surface area (Å²) in [5, 5.41) is 0. The lowest BCUT2D eigenvalue weighted by atomic mass is 10.1. The molecule has 1 aromatic heterocycles. The van der Waals surface area contributed by atoms with Crippen molar-refractivity contribution in [3.63, 3.8) is 0 Å². The number of carbonyl (C=O) groups excluding carboxylic acids is 1. The van der Waals surface area contributed by atoms with Gasteiger partial charge in [-0.05, 0) is 23.6 Å². The van der Waals surface area contributed by atoms with Gasteiger partial charge in [0.15, 0.2) is 0 Å². The molecule has 1 aliphatic carbocycles. The van der Waals surface area contributed by atoms with Crippen LogP contribution in [-0.4, -0.2) is 27.0 Å². The lowest BCUT2D eigenvalue weighted by molar-refractivity contribution is -0.142. The lowest BCUT2D eigenvalue weighted by Gasteiger charge is -2.16. The number of nitrogens with zero attached hydrogens (tertiary/aromatic N) is 3. The topological polar surface area (TPSA) is 75.2 Å². The van der Waals surface area contributed by atoms with Crippen LogP contribution < -0.4 is 11.4 Å². The fraction of sp³-hybridized carbons (Fsp3) is 0.316. The van der Waals surface area contributed by atoms with Crippen molar-refractivity contribution in [2.24, 2.45) is 17.8 Å². The van der Waals surface area contributed by atoms with Gasteiger partial charge in [-0.3, -0.25) is 4.79 Å². The van der Waals surface area contributed by atoms with E-state index in [0.29, 0.717) is 12.2 Å². The normalized spacial score (nSPS) is 23.7. The van der Waals surface area contributed by atoms with Crippen LogP contribution in [0.3, 0.4) is 0 Å². The van der Waals surface area contributed by atoms with Crippen LogP contribution in [-0.2, 0) is 22.6 Å². The minimum absolute atomic E-state index is 0.0129. The van der Waals surface area contributed by atoms with E-state index in [0.717, 1.165) is 5.57 Å². The SMILES string of the molecule is C=C[C@@H]1[C@H](C(=O)OC)[C@H]1C1=CCn2c(=O)n(-c3ccccc3)c(=O)n2C1. The minimum atomic E-state index is -0.378. The monoisotopic (exact) mass is 353 g/mol. The van der Waals surface area contributed by atoms with E-state index >= 15 is 0 Å². The van der Waals surface area contributed by atoms with E-state index in [1.165, 1.54) is 21.0 Å². The van der Waals surface area contributed by atoms with Crippen molar-refractivity contribution < 1.29 is 9.53 Å². The molecular formula is C19H19N3O4. The Balaban J connectivity index is 1.69. The Hall–Kier alpha value is -3.09. The second-order valence-electron chi connectivity index (χ2n) is 6.54. The number of aromatic nitrogens is 3. The molecule has 2 heterocycles. The number of hydrogen-bond donors (Lipinski definition) is 0. The summed E-state index contributed by atoms with van der Waals surface area (Å²) in [5.41, 5.74) is 0.771. The van der Waals surface area contributed by atoms with Crippen molar-refractivity contribution in [3.05, 3.63) is 75.6 Å². The highest BCUT2D eigenvalue weighted by atomic mass is 16.5. The van der Waals surface area contributed by atoms with Gasteiger partial charge in [-0.25, -0.2) is 23.5 Å². The van der Waals surface area contributed by atoms with Gasteiger partial charge in [0.1, 0.15) is 0 Å². The average molecular weight is 353 g/mol. The Labute approximate surface area is 149 Å². The third-order valence-corrected chi connectivity index (χ3v) is 5.24. The van der Waals surface area contributed by atoms with Gasteiger partial charge in [0, 0.05) is 5.92 Å². The summed E-state index contributed by atoms with van der Waals surface area (Å²) in [6.07, 6.45) is 3.69. The fourth-order valence-electron chi connectivity index (χ4n) is 3.87. The van der Waals surface area contributed by atoms with Gasteiger partial charge in [0.25, 0.3) is 0 Å². The third kappa shape index (κ3) is 2.31. The second-order valence-corrected chi connectivity index (χ2v) is 6.54. The molecular weight excluding hydrogens is 334 g/mol. The molecule has 0 N–H and O–H groups in total. The van der Waals surface area contributed by atoms with Gasteiger partial charge in [-0.15, -0.1) is 6.58 Å². The predicted octanol–water partition coefficient (Wildman–Crippen LogP) is 0.962. The van der Waals surface area contributed by atoms with E-state index in [9.17, 15) is 14.4 Å². The van der Waals surface area contributed by atoms with Gasteiger partial charge < -0.3 is 4.74 Å². The van der Waals surface area contributed by atoms with Crippen LogP contribution in [0.4, 0.5) is 0 Å². The minimum Gasteiger partial charge on any atom is -0.469 e. The molecule has 0 unspecified atom stereocenters. The van der Waals surface area contributed by atoms with E-state index in [4.69, 9.17) is 4.74 Å². The first-order chi connectivity index (χ1) is 12.6. The summed E-state index contributed by atoms with van der Waals surface area (Å²) >= 11 is 0. The number of methoxy groups -OCH3 is 1. The highest BCUT2D eigenvalue weighted by Gasteiger charge is 2.55. The van der Waals surface area contributed by atoms with Gasteiger partial charge >= 0.3 is 17.3 Å². The number of rotatable bonds is 4. The van der Waals surface area contributed by atoms with Crippen LogP contribution in [0.5, 0.6) is 0 Å². The zero-order chi connectivity index (χ0) is 18.4. The molecule has 2 aromatic rings. The van der Waals surface area contributed by atoms with Crippen molar-refractivity contribution in [2.45, 2.75) is 13.1 Å². The standard InChI is InChI=1S/C19H19N3O4/c1-3-14-15(16(14)17(23)26-2)12-9-10-20-18(24)22(19(25)21(20)11-12)13-7-5-4-6-8-13/h3-9,14-16H,1,10-11H2,2H3/t14-,15-,16-/m0/s1. The van der Waals surface area contributed by atoms with Crippen LogP contribution >= 0.6 is 0 Å². The number of hydrogen-bond acceptors (Lipinski definition) is 4. The number of carbonyl (C=O) groups is 1. The maximum absolute atomic E-state index is 12.8. The number of para-hydroxylation sites is 1. The quantitative estimate of drug-likeness (QED) is 0.606. The molecule has 2 aliphatic rings. The van der Waals surface area contributed by atoms with E-state index in [1.54, 1.807) is 30.3 Å². The smallest absolute Gasteiger partial charge is 0.352 e. The Morgan fingerprint density at radius 3 is 2.54 bits per heavy atom. The maximum atomic E-state index is 12.8. The van der Waals surface area contributed by atoms with Gasteiger partial charge in [0.2, 0.25) is 0 Å². The largest absolute Gasteiger partial charge is 0.469 e. The number of fused-ring (bicyclic) bond motifs is 1. The Bertz CT molecular complexity index is 1030. The zero-order valence-electron chi connectivity index (χ0n) is 14.4. The Kier molecular flexibility index (Phi) is 3.79. The Morgan fingerprint density at radius 2 is 1.88 bits per heavy atom. The second kappa shape index (κ2) is 6.01. The first-order valence-corrected chi connectivity index (χ1v) is 8.46. The average Bonchev–Trinajstić information content (AvgIpc) is 3.36. The molecule has 0 amide bonds. The molecule has 7 nitrogen and oxygen atoms in total. The van der Waals surface area contributed by atoms with Crippen LogP contribution in [0, 0.1) is 17.8 Å². The van der Waals surface area contributed by atoms with Crippen molar-refractivity contribution in [1.29, 1.82) is 0 Å². The van der Waals surface area contributed by atoms with Crippen LogP contribution in [0.1, 0.15) is 0 Å². The van der Waals surface area contributed by atoms with E-state index in [2.05, 4.69) is 6.58 Å². The van der Waals surface area contributed by atoms with E-state index in [-0.39, 0.29) is 41.6 Å². The first kappa shape index (κ1) is 16.4. The molecule has 134 valence electrons. The highest BCUT2D eigenvalue weighted by Crippen LogP contribution is 2.52. The Morgan fingerprint density at radius 1 is 1.19 bits per heavy atom. The highest BCUT2D eigenvalue weighted by molar-refractivity contribution is 5.78. The number of allylic oxidation sites excluding steroid dienone is 3. The fourth-order valence-corrected chi connectivity index (χ4v) is 3.87. The molecule has 0 radical (unpaired) electrons. The summed E-state index contributed by atoms with van der Waals surface area (Å²) in [6.45, 7) is 4.38. The molecule has 0 spiro atoms. The van der Waals surface area contributed by atoms with E-state index < -0.39 is 0 Å². The summed E-state index contributed by atoms with van der Waals surface area (Å²) in [6, 6.07) is 8.85. The molecule has 0 saturated heterocycles. The van der Waals surface area contributed by atoms with Crippen molar-refractivity contribution in [3.8, 4) is 5.69 Å². The molecule has 26 heavy (non-hydrogen) atoms. The molecule has 3 atom stereocenters. The summed E-state index contributed by atoms with van der Waals surface area (Å²) in [4.78, 5) is 37.4.